The smallest absolute Gasteiger partial charge is 0.254 e. The SMILES string of the molecule is C=CCN1CCN(C(=O)c2cc(-c3cccc(C)c3)nc3ccc(Br)cc23)CC1. The number of aromatic nitrogens is 1. The Morgan fingerprint density at radius 3 is 2.66 bits per heavy atom. The molecule has 2 aromatic carbocycles. The average Bonchev–Trinajstić information content (AvgIpc) is 2.73. The van der Waals surface area contributed by atoms with Crippen LogP contribution in [0.15, 0.2) is 65.7 Å². The number of hydrogen-bond donors (Lipinski definition) is 0. The molecule has 1 fully saturated rings. The van der Waals surface area contributed by atoms with Gasteiger partial charge in [0.25, 0.3) is 5.91 Å². The van der Waals surface area contributed by atoms with Gasteiger partial charge in [-0.2, -0.15) is 0 Å². The van der Waals surface area contributed by atoms with E-state index in [9.17, 15) is 4.79 Å². The van der Waals surface area contributed by atoms with Crippen LogP contribution in [-0.2, 0) is 0 Å². The topological polar surface area (TPSA) is 36.4 Å². The van der Waals surface area contributed by atoms with Gasteiger partial charge < -0.3 is 4.90 Å². The molecule has 0 bridgehead atoms. The number of carbonyl (C=O) groups is 1. The van der Waals surface area contributed by atoms with Crippen LogP contribution < -0.4 is 0 Å². The van der Waals surface area contributed by atoms with E-state index < -0.39 is 0 Å². The van der Waals surface area contributed by atoms with E-state index in [4.69, 9.17) is 4.98 Å². The Morgan fingerprint density at radius 1 is 1.14 bits per heavy atom. The van der Waals surface area contributed by atoms with E-state index >= 15 is 0 Å². The maximum absolute atomic E-state index is 13.5. The molecule has 0 aliphatic carbocycles. The number of piperazine rings is 1. The third kappa shape index (κ3) is 4.26. The lowest BCUT2D eigenvalue weighted by Gasteiger charge is -2.34. The lowest BCUT2D eigenvalue weighted by Crippen LogP contribution is -2.48. The molecule has 0 radical (unpaired) electrons. The molecule has 0 atom stereocenters. The predicted octanol–water partition coefficient (Wildman–Crippen LogP) is 4.92. The van der Waals surface area contributed by atoms with Crippen LogP contribution in [0.2, 0.25) is 0 Å². The Hall–Kier alpha value is -2.50. The summed E-state index contributed by atoms with van der Waals surface area (Å²) in [5, 5.41) is 0.884. The summed E-state index contributed by atoms with van der Waals surface area (Å²) >= 11 is 3.54. The molecule has 29 heavy (non-hydrogen) atoms. The van der Waals surface area contributed by atoms with Crippen molar-refractivity contribution in [3.05, 3.63) is 76.8 Å². The Balaban J connectivity index is 1.75. The molecule has 1 amide bonds. The van der Waals surface area contributed by atoms with E-state index in [1.165, 1.54) is 5.56 Å². The van der Waals surface area contributed by atoms with Crippen molar-refractivity contribution >= 4 is 32.7 Å². The van der Waals surface area contributed by atoms with Gasteiger partial charge in [0.05, 0.1) is 16.8 Å². The average molecular weight is 450 g/mol. The largest absolute Gasteiger partial charge is 0.336 e. The van der Waals surface area contributed by atoms with E-state index in [0.717, 1.165) is 59.4 Å². The van der Waals surface area contributed by atoms with Crippen molar-refractivity contribution in [1.82, 2.24) is 14.8 Å². The van der Waals surface area contributed by atoms with Crippen LogP contribution in [0.3, 0.4) is 0 Å². The normalized spacial score (nSPS) is 14.9. The molecule has 0 saturated carbocycles. The van der Waals surface area contributed by atoms with E-state index in [0.29, 0.717) is 5.56 Å². The number of carbonyl (C=O) groups excluding carboxylic acids is 1. The third-order valence-electron chi connectivity index (χ3n) is 5.36. The fourth-order valence-corrected chi connectivity index (χ4v) is 4.17. The minimum Gasteiger partial charge on any atom is -0.336 e. The monoisotopic (exact) mass is 449 g/mol. The van der Waals surface area contributed by atoms with E-state index in [1.54, 1.807) is 0 Å². The molecule has 1 saturated heterocycles. The van der Waals surface area contributed by atoms with Gasteiger partial charge in [-0.3, -0.25) is 9.69 Å². The first-order valence-electron chi connectivity index (χ1n) is 9.85. The van der Waals surface area contributed by atoms with Crippen LogP contribution in [0.1, 0.15) is 15.9 Å². The zero-order valence-corrected chi connectivity index (χ0v) is 18.2. The Kier molecular flexibility index (Phi) is 5.79. The summed E-state index contributed by atoms with van der Waals surface area (Å²) in [6, 6.07) is 16.1. The highest BCUT2D eigenvalue weighted by molar-refractivity contribution is 9.10. The maximum atomic E-state index is 13.5. The van der Waals surface area contributed by atoms with Crippen LogP contribution >= 0.6 is 15.9 Å². The summed E-state index contributed by atoms with van der Waals surface area (Å²) in [4.78, 5) is 22.6. The Bertz CT molecular complexity index is 1070. The number of pyridine rings is 1. The molecule has 0 spiro atoms. The van der Waals surface area contributed by atoms with E-state index in [2.05, 4.69) is 46.5 Å². The predicted molar refractivity (Wildman–Crippen MR) is 122 cm³/mol. The maximum Gasteiger partial charge on any atom is 0.254 e. The standard InChI is InChI=1S/C24H24BrN3O/c1-3-9-27-10-12-28(13-11-27)24(29)21-16-23(18-6-4-5-17(2)14-18)26-22-8-7-19(25)15-20(21)22/h3-8,14-16H,1,9-13H2,2H3. The fraction of sp³-hybridized carbons (Fsp3) is 0.250. The lowest BCUT2D eigenvalue weighted by atomic mass is 10.0. The molecule has 4 rings (SSSR count). The minimum absolute atomic E-state index is 0.0719. The summed E-state index contributed by atoms with van der Waals surface area (Å²) < 4.78 is 0.944. The summed E-state index contributed by atoms with van der Waals surface area (Å²) in [6.45, 7) is 9.94. The van der Waals surface area contributed by atoms with Crippen LogP contribution in [0.25, 0.3) is 22.2 Å². The van der Waals surface area contributed by atoms with Crippen LogP contribution in [0, 0.1) is 6.92 Å². The number of rotatable bonds is 4. The number of nitrogens with zero attached hydrogens (tertiary/aromatic N) is 3. The Morgan fingerprint density at radius 2 is 1.93 bits per heavy atom. The van der Waals surface area contributed by atoms with Gasteiger partial charge in [0, 0.05) is 48.1 Å². The van der Waals surface area contributed by atoms with Crippen LogP contribution in [0.4, 0.5) is 0 Å². The van der Waals surface area contributed by atoms with Gasteiger partial charge in [-0.1, -0.05) is 45.8 Å². The zero-order valence-electron chi connectivity index (χ0n) is 16.6. The number of fused-ring (bicyclic) bond motifs is 1. The van der Waals surface area contributed by atoms with Crippen molar-refractivity contribution in [2.24, 2.45) is 0 Å². The number of benzene rings is 2. The molecular weight excluding hydrogens is 426 g/mol. The molecule has 1 aliphatic rings. The summed E-state index contributed by atoms with van der Waals surface area (Å²) in [7, 11) is 0. The fourth-order valence-electron chi connectivity index (χ4n) is 3.81. The summed E-state index contributed by atoms with van der Waals surface area (Å²) in [5.41, 5.74) is 4.58. The lowest BCUT2D eigenvalue weighted by molar-refractivity contribution is 0.0652. The highest BCUT2D eigenvalue weighted by Gasteiger charge is 2.24. The van der Waals surface area contributed by atoms with Gasteiger partial charge in [0.1, 0.15) is 0 Å². The van der Waals surface area contributed by atoms with Crippen LogP contribution in [0.5, 0.6) is 0 Å². The van der Waals surface area contributed by atoms with E-state index in [-0.39, 0.29) is 5.91 Å². The van der Waals surface area contributed by atoms with Crippen LogP contribution in [-0.4, -0.2) is 53.4 Å². The highest BCUT2D eigenvalue weighted by atomic mass is 79.9. The molecule has 0 unspecified atom stereocenters. The van der Waals surface area contributed by atoms with Gasteiger partial charge in [-0.05, 0) is 37.3 Å². The molecule has 148 valence electrons. The summed E-state index contributed by atoms with van der Waals surface area (Å²) in [5.74, 6) is 0.0719. The van der Waals surface area contributed by atoms with Crippen molar-refractivity contribution < 1.29 is 4.79 Å². The van der Waals surface area contributed by atoms with Gasteiger partial charge in [-0.25, -0.2) is 4.98 Å². The minimum atomic E-state index is 0.0719. The van der Waals surface area contributed by atoms with Crippen molar-refractivity contribution in [1.29, 1.82) is 0 Å². The van der Waals surface area contributed by atoms with Crippen molar-refractivity contribution in [2.45, 2.75) is 6.92 Å². The van der Waals surface area contributed by atoms with Gasteiger partial charge in [0.15, 0.2) is 0 Å². The van der Waals surface area contributed by atoms with Crippen molar-refractivity contribution in [2.75, 3.05) is 32.7 Å². The molecule has 0 N–H and O–H groups in total. The second kappa shape index (κ2) is 8.47. The van der Waals surface area contributed by atoms with Gasteiger partial charge >= 0.3 is 0 Å². The Labute approximate surface area is 180 Å². The van der Waals surface area contributed by atoms with Crippen molar-refractivity contribution in [3.8, 4) is 11.3 Å². The zero-order chi connectivity index (χ0) is 20.4. The van der Waals surface area contributed by atoms with Gasteiger partial charge in [0.2, 0.25) is 0 Å². The first-order valence-corrected chi connectivity index (χ1v) is 10.6. The second-order valence-corrected chi connectivity index (χ2v) is 8.38. The molecular formula is C24H24BrN3O. The highest BCUT2D eigenvalue weighted by Crippen LogP contribution is 2.28. The molecule has 1 aliphatic heterocycles. The molecule has 2 heterocycles. The van der Waals surface area contributed by atoms with Crippen molar-refractivity contribution in [3.63, 3.8) is 0 Å². The molecule has 1 aromatic heterocycles. The first-order chi connectivity index (χ1) is 14.0. The second-order valence-electron chi connectivity index (χ2n) is 7.47. The number of amides is 1. The molecule has 5 heteroatoms. The number of halogens is 1. The quantitative estimate of drug-likeness (QED) is 0.530. The number of hydrogen-bond acceptors (Lipinski definition) is 3. The summed E-state index contributed by atoms with van der Waals surface area (Å²) in [6.07, 6.45) is 1.92. The third-order valence-corrected chi connectivity index (χ3v) is 5.86. The van der Waals surface area contributed by atoms with E-state index in [1.807, 2.05) is 47.4 Å². The first kappa shape index (κ1) is 19.8. The molecule has 3 aromatic rings. The van der Waals surface area contributed by atoms with Gasteiger partial charge in [-0.15, -0.1) is 6.58 Å². The molecule has 4 nitrogen and oxygen atoms in total. The number of aryl methyl sites for hydroxylation is 1.